The molecule has 0 saturated carbocycles. The van der Waals surface area contributed by atoms with Gasteiger partial charge in [-0.05, 0) is 37.5 Å². The lowest BCUT2D eigenvalue weighted by molar-refractivity contribution is -0.161. The maximum absolute atomic E-state index is 13.1. The zero-order valence-electron chi connectivity index (χ0n) is 66.9. The van der Waals surface area contributed by atoms with Gasteiger partial charge in [0.1, 0.15) is 19.3 Å². The van der Waals surface area contributed by atoms with Crippen molar-refractivity contribution in [3.05, 3.63) is 0 Å². The second kappa shape index (κ2) is 74.5. The highest BCUT2D eigenvalue weighted by Gasteiger charge is 2.30. The van der Waals surface area contributed by atoms with Crippen LogP contribution in [0.15, 0.2) is 0 Å². The summed E-state index contributed by atoms with van der Waals surface area (Å²) in [5.74, 6) is -0.626. The fraction of sp³-hybridized carbons (Fsp3) is 0.952. The summed E-state index contributed by atoms with van der Waals surface area (Å²) in [7, 11) is -9.92. The number of aliphatic hydroxyl groups is 1. The van der Waals surface area contributed by atoms with Gasteiger partial charge in [-0.15, -0.1) is 0 Å². The summed E-state index contributed by atoms with van der Waals surface area (Å²) in [6.07, 6.45) is 65.4. The van der Waals surface area contributed by atoms with Gasteiger partial charge in [-0.2, -0.15) is 0 Å². The zero-order valence-corrected chi connectivity index (χ0v) is 68.7. The third-order valence-corrected chi connectivity index (χ3v) is 21.4. The number of ether oxygens (including phenoxy) is 4. The van der Waals surface area contributed by atoms with Crippen LogP contribution in [0.25, 0.3) is 0 Å². The van der Waals surface area contributed by atoms with Gasteiger partial charge in [0.25, 0.3) is 0 Å². The van der Waals surface area contributed by atoms with Crippen LogP contribution in [0.4, 0.5) is 0 Å². The lowest BCUT2D eigenvalue weighted by Crippen LogP contribution is -2.30. The van der Waals surface area contributed by atoms with Crippen LogP contribution in [0.5, 0.6) is 0 Å². The minimum absolute atomic E-state index is 0.106. The van der Waals surface area contributed by atoms with Crippen LogP contribution in [0.2, 0.25) is 0 Å². The number of esters is 4. The van der Waals surface area contributed by atoms with E-state index in [9.17, 15) is 43.2 Å². The molecule has 0 aliphatic rings. The molecule has 0 aliphatic heterocycles. The Balaban J connectivity index is 5.22. The van der Waals surface area contributed by atoms with Gasteiger partial charge in [0.05, 0.1) is 26.4 Å². The van der Waals surface area contributed by atoms with Gasteiger partial charge in [0.15, 0.2) is 12.2 Å². The molecule has 0 spiro atoms. The Kier molecular flexibility index (Phi) is 73.1. The van der Waals surface area contributed by atoms with Crippen LogP contribution in [0, 0.1) is 11.8 Å². The number of hydrogen-bond donors (Lipinski definition) is 3. The normalized spacial score (nSPS) is 13.9. The molecular weight excluding hydrogens is 1330 g/mol. The molecule has 5 atom stereocenters. The highest BCUT2D eigenvalue weighted by molar-refractivity contribution is 7.47. The molecule has 0 aromatic carbocycles. The first-order chi connectivity index (χ1) is 49.4. The van der Waals surface area contributed by atoms with Gasteiger partial charge in [-0.3, -0.25) is 37.3 Å². The van der Waals surface area contributed by atoms with Crippen molar-refractivity contribution in [3.63, 3.8) is 0 Å². The summed E-state index contributed by atoms with van der Waals surface area (Å²) in [5, 5.41) is 10.7. The summed E-state index contributed by atoms with van der Waals surface area (Å²) >= 11 is 0. The van der Waals surface area contributed by atoms with Gasteiger partial charge in [-0.25, -0.2) is 9.13 Å². The first-order valence-electron chi connectivity index (χ1n) is 43.0. The van der Waals surface area contributed by atoms with E-state index in [1.54, 1.807) is 0 Å². The van der Waals surface area contributed by atoms with Crippen molar-refractivity contribution >= 4 is 39.5 Å². The molecule has 0 radical (unpaired) electrons. The highest BCUT2D eigenvalue weighted by Crippen LogP contribution is 2.45. The molecule has 0 aromatic rings. The largest absolute Gasteiger partial charge is 0.472 e. The highest BCUT2D eigenvalue weighted by atomic mass is 31.2. The Morgan fingerprint density at radius 1 is 0.265 bits per heavy atom. The minimum Gasteiger partial charge on any atom is -0.462 e. The van der Waals surface area contributed by atoms with Crippen LogP contribution in [0.1, 0.15) is 440 Å². The minimum atomic E-state index is -4.96. The number of unbranched alkanes of at least 4 members (excludes halogenated alkanes) is 52. The van der Waals surface area contributed by atoms with Gasteiger partial charge in [0.2, 0.25) is 0 Å². The van der Waals surface area contributed by atoms with Crippen LogP contribution < -0.4 is 0 Å². The number of hydrogen-bond acceptors (Lipinski definition) is 15. The zero-order chi connectivity index (χ0) is 74.9. The molecule has 0 bridgehead atoms. The van der Waals surface area contributed by atoms with Crippen LogP contribution in [0.3, 0.4) is 0 Å². The number of aliphatic hydroxyl groups excluding tert-OH is 1. The van der Waals surface area contributed by atoms with Gasteiger partial charge >= 0.3 is 39.5 Å². The van der Waals surface area contributed by atoms with Gasteiger partial charge in [0, 0.05) is 25.7 Å². The van der Waals surface area contributed by atoms with Crippen molar-refractivity contribution in [2.75, 3.05) is 39.6 Å². The number of carbonyl (C=O) groups excluding carboxylic acids is 4. The fourth-order valence-corrected chi connectivity index (χ4v) is 14.5. The predicted molar refractivity (Wildman–Crippen MR) is 418 cm³/mol. The van der Waals surface area contributed by atoms with Gasteiger partial charge in [-0.1, -0.05) is 388 Å². The van der Waals surface area contributed by atoms with E-state index in [2.05, 4.69) is 41.5 Å². The molecule has 0 aromatic heterocycles. The van der Waals surface area contributed by atoms with Crippen molar-refractivity contribution in [2.45, 2.75) is 458 Å². The second-order valence-corrected chi connectivity index (χ2v) is 33.7. The molecule has 2 unspecified atom stereocenters. The Hall–Kier alpha value is -1.94. The lowest BCUT2D eigenvalue weighted by Gasteiger charge is -2.21. The lowest BCUT2D eigenvalue weighted by atomic mass is 10.0. The first kappa shape index (κ1) is 100. The predicted octanol–water partition coefficient (Wildman–Crippen LogP) is 25.1. The fourth-order valence-electron chi connectivity index (χ4n) is 12.9. The number of rotatable bonds is 82. The molecule has 606 valence electrons. The third kappa shape index (κ3) is 76.3. The van der Waals surface area contributed by atoms with E-state index in [4.69, 9.17) is 37.0 Å². The van der Waals surface area contributed by atoms with Crippen molar-refractivity contribution in [3.8, 4) is 0 Å². The van der Waals surface area contributed by atoms with E-state index in [1.807, 2.05) is 0 Å². The number of phosphoric ester groups is 2. The molecular formula is C83H162O17P2. The number of phosphoric acid groups is 2. The first-order valence-corrected chi connectivity index (χ1v) is 46.0. The second-order valence-electron chi connectivity index (χ2n) is 30.8. The molecule has 0 heterocycles. The molecule has 102 heavy (non-hydrogen) atoms. The average molecular weight is 1490 g/mol. The van der Waals surface area contributed by atoms with Crippen molar-refractivity contribution in [2.24, 2.45) is 11.8 Å². The van der Waals surface area contributed by atoms with Crippen molar-refractivity contribution in [1.82, 2.24) is 0 Å². The third-order valence-electron chi connectivity index (χ3n) is 19.5. The van der Waals surface area contributed by atoms with E-state index in [-0.39, 0.29) is 25.7 Å². The standard InChI is InChI=1S/C83H162O17P2/c1-7-9-11-13-15-17-19-21-23-25-26-27-28-29-31-33-38-42-48-55-61-67-82(87)99-78(71-93-80(85)65-59-53-47-41-37-32-30-24-22-20-18-16-14-12-10-8-2)73-97-101(89,90)95-69-77(84)70-96-102(91,92)98-74-79(72-94-81(86)66-60-54-50-44-46-52-58-64-76(5)6)100-83(88)68-62-56-49-43-39-35-34-36-40-45-51-57-63-75(3)4/h75-79,84H,7-74H2,1-6H3,(H,89,90)(H,91,92)/t77-,78-,79-/m1/s1. The van der Waals surface area contributed by atoms with Crippen LogP contribution >= 0.6 is 15.6 Å². The molecule has 0 aliphatic carbocycles. The van der Waals surface area contributed by atoms with Gasteiger partial charge < -0.3 is 33.8 Å². The molecule has 0 saturated heterocycles. The summed E-state index contributed by atoms with van der Waals surface area (Å²) < 4.78 is 68.8. The molecule has 0 rings (SSSR count). The SMILES string of the molecule is CCCCCCCCCCCCCCCCCCCCCCCC(=O)O[C@H](COC(=O)CCCCCCCCCCCCCCCCCC)COP(=O)(O)OC[C@@H](O)COP(=O)(O)OC[C@@H](COC(=O)CCCCCCCCCC(C)C)OC(=O)CCCCCCCCCCCCCCC(C)C. The molecule has 0 fully saturated rings. The monoisotopic (exact) mass is 1490 g/mol. The van der Waals surface area contributed by atoms with Crippen LogP contribution in [-0.2, 0) is 65.4 Å². The van der Waals surface area contributed by atoms with Crippen LogP contribution in [-0.4, -0.2) is 96.7 Å². The Morgan fingerprint density at radius 3 is 0.667 bits per heavy atom. The van der Waals surface area contributed by atoms with Crippen molar-refractivity contribution < 1.29 is 80.2 Å². The molecule has 17 nitrogen and oxygen atoms in total. The smallest absolute Gasteiger partial charge is 0.462 e. The maximum atomic E-state index is 13.1. The molecule has 19 heteroatoms. The summed E-state index contributed by atoms with van der Waals surface area (Å²) in [4.78, 5) is 73.1. The maximum Gasteiger partial charge on any atom is 0.472 e. The molecule has 3 N–H and O–H groups in total. The van der Waals surface area contributed by atoms with E-state index in [0.29, 0.717) is 31.6 Å². The Morgan fingerprint density at radius 2 is 0.451 bits per heavy atom. The Labute approximate surface area is 626 Å². The van der Waals surface area contributed by atoms with E-state index in [1.165, 1.54) is 250 Å². The van der Waals surface area contributed by atoms with E-state index in [0.717, 1.165) is 102 Å². The van der Waals surface area contributed by atoms with E-state index < -0.39 is 97.5 Å². The summed E-state index contributed by atoms with van der Waals surface area (Å²) in [5.41, 5.74) is 0. The topological polar surface area (TPSA) is 237 Å². The molecule has 0 amide bonds. The Bertz CT molecular complexity index is 1960. The quantitative estimate of drug-likeness (QED) is 0.0222. The summed E-state index contributed by atoms with van der Waals surface area (Å²) in [6.45, 7) is 9.60. The van der Waals surface area contributed by atoms with Crippen molar-refractivity contribution in [1.29, 1.82) is 0 Å². The number of carbonyl (C=O) groups is 4. The van der Waals surface area contributed by atoms with E-state index >= 15 is 0 Å². The average Bonchev–Trinajstić information content (AvgIpc) is 0.907. The summed E-state index contributed by atoms with van der Waals surface area (Å²) in [6, 6.07) is 0.